The zero-order valence-corrected chi connectivity index (χ0v) is 14.1. The van der Waals surface area contributed by atoms with Crippen LogP contribution >= 0.6 is 0 Å². The third-order valence-electron chi connectivity index (χ3n) is 3.70. The molecule has 0 spiro atoms. The number of nitrogens with one attached hydrogen (secondary N) is 1. The van der Waals surface area contributed by atoms with Crippen LogP contribution in [0.2, 0.25) is 0 Å². The molecule has 0 radical (unpaired) electrons. The molecule has 22 heavy (non-hydrogen) atoms. The number of rotatable bonds is 7. The highest BCUT2D eigenvalue weighted by Gasteiger charge is 2.06. The average molecular weight is 298 g/mol. The molecule has 0 saturated heterocycles. The van der Waals surface area contributed by atoms with Gasteiger partial charge in [-0.15, -0.1) is 0 Å². The van der Waals surface area contributed by atoms with Gasteiger partial charge in [-0.2, -0.15) is 0 Å². The van der Waals surface area contributed by atoms with Gasteiger partial charge in [0.25, 0.3) is 0 Å². The van der Waals surface area contributed by atoms with Crippen molar-refractivity contribution >= 4 is 17.3 Å². The lowest BCUT2D eigenvalue weighted by Gasteiger charge is -2.19. The summed E-state index contributed by atoms with van der Waals surface area (Å²) in [7, 11) is 2.08. The van der Waals surface area contributed by atoms with Crippen LogP contribution in [0.4, 0.5) is 17.3 Å². The van der Waals surface area contributed by atoms with Crippen LogP contribution in [-0.2, 0) is 6.42 Å². The van der Waals surface area contributed by atoms with Crippen molar-refractivity contribution in [2.24, 2.45) is 0 Å². The molecule has 0 fully saturated rings. The number of unbranched alkanes of at least 4 members (excludes halogenated alkanes) is 1. The summed E-state index contributed by atoms with van der Waals surface area (Å²) in [5.41, 5.74) is 2.39. The van der Waals surface area contributed by atoms with Crippen LogP contribution in [0.5, 0.6) is 0 Å². The summed E-state index contributed by atoms with van der Waals surface area (Å²) in [5, 5.41) is 3.37. The maximum Gasteiger partial charge on any atom is 0.136 e. The monoisotopic (exact) mass is 298 g/mol. The molecule has 0 aliphatic carbocycles. The second-order valence-electron chi connectivity index (χ2n) is 5.61. The Kier molecular flexibility index (Phi) is 5.75. The van der Waals surface area contributed by atoms with Crippen LogP contribution < -0.4 is 10.2 Å². The van der Waals surface area contributed by atoms with E-state index in [1.807, 2.05) is 13.0 Å². The van der Waals surface area contributed by atoms with Crippen molar-refractivity contribution in [1.82, 2.24) is 9.97 Å². The van der Waals surface area contributed by atoms with Crippen molar-refractivity contribution in [3.05, 3.63) is 41.7 Å². The van der Waals surface area contributed by atoms with Gasteiger partial charge in [-0.3, -0.25) is 0 Å². The Hall–Kier alpha value is -2.10. The zero-order chi connectivity index (χ0) is 15.9. The molecule has 0 unspecified atom stereocenters. The van der Waals surface area contributed by atoms with Crippen LogP contribution in [0.25, 0.3) is 0 Å². The smallest absolute Gasteiger partial charge is 0.136 e. The van der Waals surface area contributed by atoms with E-state index in [9.17, 15) is 0 Å². The number of hydrogen-bond donors (Lipinski definition) is 1. The zero-order valence-electron chi connectivity index (χ0n) is 14.1. The Bertz CT molecular complexity index is 593. The lowest BCUT2D eigenvalue weighted by Crippen LogP contribution is -2.20. The first kappa shape index (κ1) is 16.3. The van der Waals surface area contributed by atoms with E-state index < -0.39 is 0 Å². The first-order valence-corrected chi connectivity index (χ1v) is 8.05. The molecule has 1 aromatic heterocycles. The van der Waals surface area contributed by atoms with Gasteiger partial charge >= 0.3 is 0 Å². The fourth-order valence-corrected chi connectivity index (χ4v) is 2.29. The summed E-state index contributed by atoms with van der Waals surface area (Å²) in [6, 6.07) is 10.5. The van der Waals surface area contributed by atoms with Crippen molar-refractivity contribution in [2.75, 3.05) is 23.8 Å². The minimum Gasteiger partial charge on any atom is -0.360 e. The Morgan fingerprint density at radius 3 is 2.45 bits per heavy atom. The van der Waals surface area contributed by atoms with Crippen LogP contribution in [0.15, 0.2) is 30.3 Å². The molecule has 0 amide bonds. The fraction of sp³-hybridized carbons (Fsp3) is 0.444. The van der Waals surface area contributed by atoms with Gasteiger partial charge in [-0.05, 0) is 37.5 Å². The Morgan fingerprint density at radius 2 is 1.82 bits per heavy atom. The molecule has 1 heterocycles. The molecule has 0 aliphatic heterocycles. The van der Waals surface area contributed by atoms with E-state index in [-0.39, 0.29) is 0 Å². The number of aromatic nitrogens is 2. The molecule has 0 saturated carbocycles. The first-order valence-electron chi connectivity index (χ1n) is 8.05. The van der Waals surface area contributed by atoms with Crippen molar-refractivity contribution < 1.29 is 0 Å². The summed E-state index contributed by atoms with van der Waals surface area (Å²) >= 11 is 0. The van der Waals surface area contributed by atoms with E-state index in [0.717, 1.165) is 36.1 Å². The van der Waals surface area contributed by atoms with Gasteiger partial charge in [-0.1, -0.05) is 32.4 Å². The lowest BCUT2D eigenvalue weighted by molar-refractivity contribution is 0.756. The number of aryl methyl sites for hydroxylation is 2. The predicted molar refractivity (Wildman–Crippen MR) is 94.0 cm³/mol. The van der Waals surface area contributed by atoms with Gasteiger partial charge in [0.2, 0.25) is 0 Å². The van der Waals surface area contributed by atoms with Gasteiger partial charge in [0, 0.05) is 25.3 Å². The maximum atomic E-state index is 4.53. The van der Waals surface area contributed by atoms with Crippen LogP contribution in [0, 0.1) is 6.92 Å². The molecule has 1 aromatic carbocycles. The molecule has 0 aliphatic rings. The highest BCUT2D eigenvalue weighted by molar-refractivity contribution is 5.59. The average Bonchev–Trinajstić information content (AvgIpc) is 2.52. The van der Waals surface area contributed by atoms with E-state index in [1.54, 1.807) is 0 Å². The van der Waals surface area contributed by atoms with Gasteiger partial charge in [0.05, 0.1) is 0 Å². The second-order valence-corrected chi connectivity index (χ2v) is 5.61. The predicted octanol–water partition coefficient (Wildman–Crippen LogP) is 4.33. The Labute approximate surface area is 133 Å². The Balaban J connectivity index is 2.14. The minimum atomic E-state index is 0.786. The number of anilines is 3. The second kappa shape index (κ2) is 7.78. The largest absolute Gasteiger partial charge is 0.360 e. The fourth-order valence-electron chi connectivity index (χ4n) is 2.29. The van der Waals surface area contributed by atoms with E-state index in [4.69, 9.17) is 0 Å². The molecule has 1 N–H and O–H groups in total. The molecule has 118 valence electrons. The topological polar surface area (TPSA) is 41.0 Å². The number of nitrogens with zero attached hydrogens (tertiary/aromatic N) is 3. The molecular weight excluding hydrogens is 272 g/mol. The van der Waals surface area contributed by atoms with Crippen LogP contribution in [0.1, 0.15) is 38.1 Å². The highest BCUT2D eigenvalue weighted by atomic mass is 15.2. The normalized spacial score (nSPS) is 10.5. The van der Waals surface area contributed by atoms with Gasteiger partial charge in [0.15, 0.2) is 0 Å². The first-order chi connectivity index (χ1) is 10.6. The van der Waals surface area contributed by atoms with Crippen molar-refractivity contribution in [3.8, 4) is 0 Å². The van der Waals surface area contributed by atoms with E-state index in [1.165, 1.54) is 18.4 Å². The quantitative estimate of drug-likeness (QED) is 0.826. The molecule has 4 nitrogen and oxygen atoms in total. The molecule has 2 aromatic rings. The van der Waals surface area contributed by atoms with E-state index >= 15 is 0 Å². The summed E-state index contributed by atoms with van der Waals surface area (Å²) in [4.78, 5) is 11.2. The van der Waals surface area contributed by atoms with Crippen molar-refractivity contribution in [1.29, 1.82) is 0 Å². The molecule has 4 heteroatoms. The summed E-state index contributed by atoms with van der Waals surface area (Å²) in [6.07, 6.45) is 3.41. The third-order valence-corrected chi connectivity index (χ3v) is 3.70. The van der Waals surface area contributed by atoms with E-state index in [0.29, 0.717) is 0 Å². The highest BCUT2D eigenvalue weighted by Crippen LogP contribution is 2.20. The van der Waals surface area contributed by atoms with E-state index in [2.05, 4.69) is 65.3 Å². The van der Waals surface area contributed by atoms with Gasteiger partial charge in [0.1, 0.15) is 17.5 Å². The van der Waals surface area contributed by atoms with Crippen molar-refractivity contribution in [2.45, 2.75) is 40.0 Å². The van der Waals surface area contributed by atoms with Crippen molar-refractivity contribution in [3.63, 3.8) is 0 Å². The summed E-state index contributed by atoms with van der Waals surface area (Å²) in [5.74, 6) is 2.59. The number of benzene rings is 1. The Morgan fingerprint density at radius 1 is 1.09 bits per heavy atom. The maximum absolute atomic E-state index is 4.53. The molecule has 0 atom stereocenters. The SMILES string of the molecule is CCCCN(C)c1cc(Nc2ccc(CC)cc2)nc(C)n1. The van der Waals surface area contributed by atoms with Gasteiger partial charge in [-0.25, -0.2) is 9.97 Å². The third kappa shape index (κ3) is 4.45. The van der Waals surface area contributed by atoms with Gasteiger partial charge < -0.3 is 10.2 Å². The van der Waals surface area contributed by atoms with Crippen LogP contribution in [-0.4, -0.2) is 23.6 Å². The summed E-state index contributed by atoms with van der Waals surface area (Å²) < 4.78 is 0. The summed E-state index contributed by atoms with van der Waals surface area (Å²) in [6.45, 7) is 7.31. The standard InChI is InChI=1S/C18H26N4/c1-5-7-12-22(4)18-13-17(19-14(3)20-18)21-16-10-8-15(6-2)9-11-16/h8-11,13H,5-7,12H2,1-4H3,(H,19,20,21). The molecule has 0 bridgehead atoms. The molecular formula is C18H26N4. The van der Waals surface area contributed by atoms with Crippen LogP contribution in [0.3, 0.4) is 0 Å². The molecule has 2 rings (SSSR count). The number of hydrogen-bond acceptors (Lipinski definition) is 4. The lowest BCUT2D eigenvalue weighted by atomic mass is 10.1. The minimum absolute atomic E-state index is 0.786.